The molecule has 6 fully saturated rings. The average Bonchev–Trinajstić information content (AvgIpc) is 3.31. The molecular formula is C36H62O31. The molecule has 0 aromatic rings. The molecule has 0 bridgehead atoms. The lowest BCUT2D eigenvalue weighted by Gasteiger charge is -2.50. The van der Waals surface area contributed by atoms with Crippen LogP contribution in [0.4, 0.5) is 0 Å². The van der Waals surface area contributed by atoms with Gasteiger partial charge in [-0.3, -0.25) is 0 Å². The summed E-state index contributed by atoms with van der Waals surface area (Å²) < 4.78 is 60.4. The van der Waals surface area contributed by atoms with E-state index in [1.807, 2.05) is 0 Å². The van der Waals surface area contributed by atoms with Crippen LogP contribution in [0.2, 0.25) is 0 Å². The average molecular weight is 991 g/mol. The van der Waals surface area contributed by atoms with Crippen molar-refractivity contribution < 1.29 is 154 Å². The third-order valence-electron chi connectivity index (χ3n) is 12.4. The molecule has 0 unspecified atom stereocenters. The highest BCUT2D eigenvalue weighted by atomic mass is 16.8. The monoisotopic (exact) mass is 990 g/mol. The summed E-state index contributed by atoms with van der Waals surface area (Å²) in [6, 6.07) is 0. The lowest BCUT2D eigenvalue weighted by atomic mass is 9.95. The van der Waals surface area contributed by atoms with Crippen molar-refractivity contribution in [1.29, 1.82) is 0 Å². The molecule has 20 N–H and O–H groups in total. The predicted octanol–water partition coefficient (Wildman–Crippen LogP) is -14.1. The molecule has 30 atom stereocenters. The molecule has 67 heavy (non-hydrogen) atoms. The molecule has 0 saturated carbocycles. The maximum atomic E-state index is 11.5. The fraction of sp³-hybridized carbons (Fsp3) is 1.00. The molecule has 0 amide bonds. The van der Waals surface area contributed by atoms with E-state index in [1.54, 1.807) is 0 Å². The summed E-state index contributed by atoms with van der Waals surface area (Å²) in [4.78, 5) is 0. The van der Waals surface area contributed by atoms with Crippen LogP contribution < -0.4 is 0 Å². The van der Waals surface area contributed by atoms with Gasteiger partial charge in [0, 0.05) is 0 Å². The summed E-state index contributed by atoms with van der Waals surface area (Å²) in [6.45, 7) is -5.79. The zero-order chi connectivity index (χ0) is 49.3. The Bertz CT molecular complexity index is 1510. The van der Waals surface area contributed by atoms with Crippen LogP contribution >= 0.6 is 0 Å². The SMILES string of the molecule is OC[C@H]1O[C@H](O[C@@H]2[C@@H](O)[C@@H](O[C@@H]3[C@@H](O)[C@@H](O[C@@H]4[C@@H](O)[C@@H](O[C@@H]5[C@@H](O)[C@@H](O[C@@H]6[C@@H](O)[C@@H](O)O[C@H](CO)[C@H]6O)O[C@H](CO)[C@H]5O)O[C@H](CO)[C@H]4O)O[C@H](CO)[C@H]3O)O[C@H](CO)[C@H]2O)[C@H](O)[C@@H](O)[C@@H]1O. The maximum Gasteiger partial charge on any atom is 0.187 e. The van der Waals surface area contributed by atoms with Crippen molar-refractivity contribution in [2.75, 3.05) is 39.6 Å². The van der Waals surface area contributed by atoms with Crippen molar-refractivity contribution in [1.82, 2.24) is 0 Å². The van der Waals surface area contributed by atoms with Crippen LogP contribution in [0.3, 0.4) is 0 Å². The van der Waals surface area contributed by atoms with E-state index in [1.165, 1.54) is 0 Å². The summed E-state index contributed by atoms with van der Waals surface area (Å²) in [6.07, 6.45) is -58.5. The Morgan fingerprint density at radius 2 is 0.433 bits per heavy atom. The number of rotatable bonds is 16. The van der Waals surface area contributed by atoms with E-state index in [2.05, 4.69) is 0 Å². The van der Waals surface area contributed by atoms with Gasteiger partial charge in [-0.15, -0.1) is 0 Å². The number of ether oxygens (including phenoxy) is 11. The summed E-state index contributed by atoms with van der Waals surface area (Å²) in [5, 5.41) is 211. The molecular weight excluding hydrogens is 928 g/mol. The Labute approximate surface area is 378 Å². The maximum absolute atomic E-state index is 11.5. The van der Waals surface area contributed by atoms with Crippen LogP contribution in [0.1, 0.15) is 0 Å². The zero-order valence-electron chi connectivity index (χ0n) is 35.0. The van der Waals surface area contributed by atoms with Gasteiger partial charge in [0.05, 0.1) is 39.6 Å². The molecule has 6 rings (SSSR count). The zero-order valence-corrected chi connectivity index (χ0v) is 35.0. The van der Waals surface area contributed by atoms with Gasteiger partial charge in [-0.1, -0.05) is 0 Å². The minimum atomic E-state index is -2.26. The Kier molecular flexibility index (Phi) is 19.4. The Balaban J connectivity index is 1.18. The molecule has 6 aliphatic heterocycles. The molecule has 31 nitrogen and oxygen atoms in total. The van der Waals surface area contributed by atoms with Gasteiger partial charge in [0.2, 0.25) is 0 Å². The highest BCUT2D eigenvalue weighted by Gasteiger charge is 2.58. The van der Waals surface area contributed by atoms with Crippen LogP contribution in [-0.2, 0) is 52.1 Å². The molecule has 31 heteroatoms. The van der Waals surface area contributed by atoms with Gasteiger partial charge in [-0.25, -0.2) is 0 Å². The normalized spacial score (nSPS) is 53.4. The summed E-state index contributed by atoms with van der Waals surface area (Å²) in [7, 11) is 0. The first-order chi connectivity index (χ1) is 31.8. The van der Waals surface area contributed by atoms with E-state index in [0.29, 0.717) is 0 Å². The first-order valence-electron chi connectivity index (χ1n) is 21.1. The highest BCUT2D eigenvalue weighted by molar-refractivity contribution is 5.00. The first kappa shape index (κ1) is 55.1. The van der Waals surface area contributed by atoms with Gasteiger partial charge in [0.15, 0.2) is 37.7 Å². The summed E-state index contributed by atoms with van der Waals surface area (Å²) in [5.74, 6) is 0. The Morgan fingerprint density at radius 1 is 0.224 bits per heavy atom. The van der Waals surface area contributed by atoms with Crippen molar-refractivity contribution in [3.8, 4) is 0 Å². The van der Waals surface area contributed by atoms with Crippen molar-refractivity contribution >= 4 is 0 Å². The second kappa shape index (κ2) is 23.5. The van der Waals surface area contributed by atoms with Crippen LogP contribution in [0.5, 0.6) is 0 Å². The van der Waals surface area contributed by atoms with E-state index in [0.717, 1.165) is 0 Å². The fourth-order valence-corrected chi connectivity index (χ4v) is 8.49. The van der Waals surface area contributed by atoms with E-state index in [4.69, 9.17) is 52.1 Å². The molecule has 0 radical (unpaired) electrons. The molecule has 0 aliphatic carbocycles. The molecule has 0 spiro atoms. The van der Waals surface area contributed by atoms with E-state index in [9.17, 15) is 102 Å². The van der Waals surface area contributed by atoms with Crippen LogP contribution in [0.25, 0.3) is 0 Å². The lowest BCUT2D eigenvalue weighted by molar-refractivity contribution is -0.398. The van der Waals surface area contributed by atoms with E-state index < -0.39 is 224 Å². The number of aliphatic hydroxyl groups is 20. The third kappa shape index (κ3) is 11.2. The second-order valence-electron chi connectivity index (χ2n) is 16.8. The van der Waals surface area contributed by atoms with Crippen molar-refractivity contribution in [3.63, 3.8) is 0 Å². The Morgan fingerprint density at radius 3 is 0.687 bits per heavy atom. The topological polar surface area (TPSA) is 506 Å². The summed E-state index contributed by atoms with van der Waals surface area (Å²) >= 11 is 0. The van der Waals surface area contributed by atoms with Crippen molar-refractivity contribution in [2.45, 2.75) is 184 Å². The molecule has 392 valence electrons. The second-order valence-corrected chi connectivity index (χ2v) is 16.8. The van der Waals surface area contributed by atoms with Gasteiger partial charge >= 0.3 is 0 Å². The molecule has 6 aliphatic rings. The van der Waals surface area contributed by atoms with Crippen molar-refractivity contribution in [3.05, 3.63) is 0 Å². The van der Waals surface area contributed by atoms with E-state index in [-0.39, 0.29) is 0 Å². The van der Waals surface area contributed by atoms with Crippen LogP contribution in [0.15, 0.2) is 0 Å². The largest absolute Gasteiger partial charge is 0.394 e. The highest BCUT2D eigenvalue weighted by Crippen LogP contribution is 2.37. The standard InChI is InChI=1S/C36H62O31/c37-1-7-13(43)19(49)20(50)32(58-7)64-27-15(45)9(3-39)60-34(22(27)52)66-29-17(47)11(5-41)62-36(24(29)54)67-30-18(48)12(6-42)61-35(25(30)55)65-28-16(46)10(4-40)59-33(23(28)53)63-26-14(44)8(2-38)57-31(56)21(26)51/h7-56H,1-6H2/t7-,8-,9-,10-,11-,12-,13-,14-,15-,16-,17-,18-,19+,20-,21-,22-,23-,24-,25-,26+,27+,28+,29+,30+,31+,32-,33-,34-,35-,36-/m1/s1. The molecule has 0 aromatic heterocycles. The smallest absolute Gasteiger partial charge is 0.187 e. The number of aliphatic hydroxyl groups excluding tert-OH is 20. The quantitative estimate of drug-likeness (QED) is 0.0683. The third-order valence-corrected chi connectivity index (χ3v) is 12.4. The van der Waals surface area contributed by atoms with Crippen LogP contribution in [-0.4, -0.2) is 326 Å². The van der Waals surface area contributed by atoms with Gasteiger partial charge in [-0.2, -0.15) is 0 Å². The van der Waals surface area contributed by atoms with Crippen molar-refractivity contribution in [2.24, 2.45) is 0 Å². The minimum Gasteiger partial charge on any atom is -0.394 e. The van der Waals surface area contributed by atoms with Gasteiger partial charge in [0.1, 0.15) is 146 Å². The van der Waals surface area contributed by atoms with E-state index >= 15 is 0 Å². The van der Waals surface area contributed by atoms with Crippen LogP contribution in [0, 0.1) is 0 Å². The van der Waals surface area contributed by atoms with Gasteiger partial charge in [-0.05, 0) is 0 Å². The molecule has 6 saturated heterocycles. The summed E-state index contributed by atoms with van der Waals surface area (Å²) in [5.41, 5.74) is 0. The first-order valence-corrected chi connectivity index (χ1v) is 21.1. The number of hydrogen-bond donors (Lipinski definition) is 20. The molecule has 6 heterocycles. The predicted molar refractivity (Wildman–Crippen MR) is 199 cm³/mol. The van der Waals surface area contributed by atoms with Gasteiger partial charge < -0.3 is 154 Å². The minimum absolute atomic E-state index is 0.862. The molecule has 0 aromatic carbocycles. The number of hydrogen-bond acceptors (Lipinski definition) is 31. The fourth-order valence-electron chi connectivity index (χ4n) is 8.49. The Hall–Kier alpha value is -1.24. The lowest BCUT2D eigenvalue weighted by Crippen LogP contribution is -2.68. The van der Waals surface area contributed by atoms with Gasteiger partial charge in [0.25, 0.3) is 0 Å².